The molecule has 1 saturated carbocycles. The summed E-state index contributed by atoms with van der Waals surface area (Å²) in [5, 5.41) is 0. The van der Waals surface area contributed by atoms with Crippen LogP contribution in [0.4, 0.5) is 0 Å². The first-order valence-corrected chi connectivity index (χ1v) is 9.00. The van der Waals surface area contributed by atoms with Crippen LogP contribution in [0, 0.1) is 12.8 Å². The summed E-state index contributed by atoms with van der Waals surface area (Å²) in [6, 6.07) is 4.45. The molecule has 2 nitrogen and oxygen atoms in total. The highest BCUT2D eigenvalue weighted by Crippen LogP contribution is 2.34. The Morgan fingerprint density at radius 2 is 2.14 bits per heavy atom. The summed E-state index contributed by atoms with van der Waals surface area (Å²) in [5.41, 5.74) is 8.44. The molecule has 0 heterocycles. The Morgan fingerprint density at radius 1 is 1.38 bits per heavy atom. The molecule has 3 heteroatoms. The molecule has 0 aliphatic heterocycles. The SMILES string of the molecule is CCC1CCCC(Oc2c(C)cc(Br)cc2CC(C)N)C1. The molecule has 1 aliphatic rings. The fourth-order valence-corrected chi connectivity index (χ4v) is 3.97. The number of rotatable bonds is 5. The molecule has 0 radical (unpaired) electrons. The van der Waals surface area contributed by atoms with Crippen molar-refractivity contribution in [3.8, 4) is 5.75 Å². The number of aryl methyl sites for hydroxylation is 1. The minimum absolute atomic E-state index is 0.149. The fourth-order valence-electron chi connectivity index (χ4n) is 3.35. The zero-order chi connectivity index (χ0) is 15.4. The van der Waals surface area contributed by atoms with E-state index < -0.39 is 0 Å². The van der Waals surface area contributed by atoms with E-state index in [1.165, 1.54) is 43.2 Å². The van der Waals surface area contributed by atoms with Crippen molar-refractivity contribution in [1.29, 1.82) is 0 Å². The summed E-state index contributed by atoms with van der Waals surface area (Å²) in [7, 11) is 0. The molecule has 0 bridgehead atoms. The smallest absolute Gasteiger partial charge is 0.125 e. The molecular formula is C18H28BrNO. The number of hydrogen-bond acceptors (Lipinski definition) is 2. The van der Waals surface area contributed by atoms with Gasteiger partial charge in [0.15, 0.2) is 0 Å². The van der Waals surface area contributed by atoms with E-state index in [9.17, 15) is 0 Å². The normalized spacial score (nSPS) is 23.9. The van der Waals surface area contributed by atoms with Crippen LogP contribution >= 0.6 is 15.9 Å². The van der Waals surface area contributed by atoms with Gasteiger partial charge in [0.1, 0.15) is 5.75 Å². The lowest BCUT2D eigenvalue weighted by molar-refractivity contribution is 0.120. The van der Waals surface area contributed by atoms with E-state index in [1.54, 1.807) is 0 Å². The number of benzene rings is 1. The fraction of sp³-hybridized carbons (Fsp3) is 0.667. The number of nitrogens with two attached hydrogens (primary N) is 1. The van der Waals surface area contributed by atoms with Gasteiger partial charge in [-0.2, -0.15) is 0 Å². The Balaban J connectivity index is 2.17. The summed E-state index contributed by atoms with van der Waals surface area (Å²) in [6.45, 7) is 6.47. The summed E-state index contributed by atoms with van der Waals surface area (Å²) < 4.78 is 7.54. The van der Waals surface area contributed by atoms with Gasteiger partial charge in [0.2, 0.25) is 0 Å². The highest BCUT2D eigenvalue weighted by Gasteiger charge is 2.23. The lowest BCUT2D eigenvalue weighted by atomic mass is 9.85. The van der Waals surface area contributed by atoms with Gasteiger partial charge in [-0.1, -0.05) is 35.7 Å². The number of halogens is 1. The van der Waals surface area contributed by atoms with E-state index in [0.717, 1.165) is 22.6 Å². The Labute approximate surface area is 137 Å². The third-order valence-electron chi connectivity index (χ3n) is 4.45. The maximum Gasteiger partial charge on any atom is 0.125 e. The molecule has 0 amide bonds. The second kappa shape index (κ2) is 7.64. The highest BCUT2D eigenvalue weighted by molar-refractivity contribution is 9.10. The van der Waals surface area contributed by atoms with Gasteiger partial charge in [-0.15, -0.1) is 0 Å². The monoisotopic (exact) mass is 353 g/mol. The van der Waals surface area contributed by atoms with Crippen LogP contribution in [0.2, 0.25) is 0 Å². The van der Waals surface area contributed by atoms with Gasteiger partial charge in [-0.3, -0.25) is 0 Å². The minimum Gasteiger partial charge on any atom is -0.490 e. The largest absolute Gasteiger partial charge is 0.490 e. The molecule has 3 unspecified atom stereocenters. The third-order valence-corrected chi connectivity index (χ3v) is 4.91. The average Bonchev–Trinajstić information content (AvgIpc) is 2.42. The lowest BCUT2D eigenvalue weighted by Crippen LogP contribution is -2.26. The van der Waals surface area contributed by atoms with Gasteiger partial charge in [0.25, 0.3) is 0 Å². The minimum atomic E-state index is 0.149. The maximum absolute atomic E-state index is 6.43. The maximum atomic E-state index is 6.43. The van der Waals surface area contributed by atoms with Gasteiger partial charge in [0, 0.05) is 10.5 Å². The van der Waals surface area contributed by atoms with Crippen LogP contribution in [0.25, 0.3) is 0 Å². The first-order chi connectivity index (χ1) is 9.99. The van der Waals surface area contributed by atoms with E-state index in [0.29, 0.717) is 6.10 Å². The molecule has 1 aromatic rings. The van der Waals surface area contributed by atoms with Crippen molar-refractivity contribution in [3.05, 3.63) is 27.7 Å². The van der Waals surface area contributed by atoms with Crippen molar-refractivity contribution in [1.82, 2.24) is 0 Å². The molecule has 21 heavy (non-hydrogen) atoms. The van der Waals surface area contributed by atoms with Crippen molar-refractivity contribution in [3.63, 3.8) is 0 Å². The highest BCUT2D eigenvalue weighted by atomic mass is 79.9. The molecular weight excluding hydrogens is 326 g/mol. The predicted octanol–water partition coefficient (Wildman–Crippen LogP) is 4.99. The second-order valence-corrected chi connectivity index (χ2v) is 7.49. The van der Waals surface area contributed by atoms with Crippen molar-refractivity contribution >= 4 is 15.9 Å². The van der Waals surface area contributed by atoms with E-state index in [-0.39, 0.29) is 6.04 Å². The molecule has 2 N–H and O–H groups in total. The number of hydrogen-bond donors (Lipinski definition) is 1. The van der Waals surface area contributed by atoms with Gasteiger partial charge in [-0.25, -0.2) is 0 Å². The standard InChI is InChI=1S/C18H28BrNO/c1-4-14-6-5-7-17(10-14)21-18-12(2)8-16(19)11-15(18)9-13(3)20/h8,11,13-14,17H,4-7,9-10,20H2,1-3H3. The summed E-state index contributed by atoms with van der Waals surface area (Å²) in [6.07, 6.45) is 7.54. The second-order valence-electron chi connectivity index (χ2n) is 6.57. The van der Waals surface area contributed by atoms with Crippen LogP contribution in [0.1, 0.15) is 57.1 Å². The van der Waals surface area contributed by atoms with E-state index in [1.807, 2.05) is 6.92 Å². The van der Waals surface area contributed by atoms with Crippen LogP contribution in [-0.2, 0) is 6.42 Å². The molecule has 2 rings (SSSR count). The molecule has 1 aromatic carbocycles. The molecule has 1 aliphatic carbocycles. The third kappa shape index (κ3) is 4.72. The van der Waals surface area contributed by atoms with Crippen LogP contribution in [0.5, 0.6) is 5.75 Å². The van der Waals surface area contributed by atoms with E-state index in [2.05, 4.69) is 41.9 Å². The zero-order valence-electron chi connectivity index (χ0n) is 13.5. The van der Waals surface area contributed by atoms with Crippen molar-refractivity contribution < 1.29 is 4.74 Å². The van der Waals surface area contributed by atoms with Crippen LogP contribution < -0.4 is 10.5 Å². The van der Waals surface area contributed by atoms with Crippen LogP contribution in [-0.4, -0.2) is 12.1 Å². The molecule has 1 fully saturated rings. The topological polar surface area (TPSA) is 35.2 Å². The van der Waals surface area contributed by atoms with Crippen molar-refractivity contribution in [2.24, 2.45) is 11.7 Å². The van der Waals surface area contributed by atoms with Crippen LogP contribution in [0.3, 0.4) is 0 Å². The van der Waals surface area contributed by atoms with Crippen LogP contribution in [0.15, 0.2) is 16.6 Å². The van der Waals surface area contributed by atoms with E-state index in [4.69, 9.17) is 10.5 Å². The zero-order valence-corrected chi connectivity index (χ0v) is 15.1. The van der Waals surface area contributed by atoms with E-state index >= 15 is 0 Å². The molecule has 0 saturated heterocycles. The number of ether oxygens (including phenoxy) is 1. The summed E-state index contributed by atoms with van der Waals surface area (Å²) >= 11 is 3.59. The predicted molar refractivity (Wildman–Crippen MR) is 92.9 cm³/mol. The van der Waals surface area contributed by atoms with Crippen molar-refractivity contribution in [2.75, 3.05) is 0 Å². The molecule has 0 spiro atoms. The Morgan fingerprint density at radius 3 is 2.81 bits per heavy atom. The summed E-state index contributed by atoms with van der Waals surface area (Å²) in [4.78, 5) is 0. The molecule has 118 valence electrons. The van der Waals surface area contributed by atoms with Crippen molar-refractivity contribution in [2.45, 2.75) is 71.4 Å². The van der Waals surface area contributed by atoms with Gasteiger partial charge in [-0.05, 0) is 68.7 Å². The Kier molecular flexibility index (Phi) is 6.12. The Bertz CT molecular complexity index is 473. The molecule has 3 atom stereocenters. The van der Waals surface area contributed by atoms with Gasteiger partial charge >= 0.3 is 0 Å². The quantitative estimate of drug-likeness (QED) is 0.808. The lowest BCUT2D eigenvalue weighted by Gasteiger charge is -2.30. The Hall–Kier alpha value is -0.540. The first-order valence-electron chi connectivity index (χ1n) is 8.20. The van der Waals surface area contributed by atoms with Gasteiger partial charge < -0.3 is 10.5 Å². The average molecular weight is 354 g/mol. The first kappa shape index (κ1) is 16.8. The van der Waals surface area contributed by atoms with Gasteiger partial charge in [0.05, 0.1) is 6.10 Å². The molecule has 0 aromatic heterocycles. The summed E-state index contributed by atoms with van der Waals surface area (Å²) in [5.74, 6) is 1.90.